The Balaban J connectivity index is 1.72. The molecule has 2 aromatic rings. The van der Waals surface area contributed by atoms with Crippen LogP contribution in [0, 0.1) is 0 Å². The van der Waals surface area contributed by atoms with Gasteiger partial charge in [0.2, 0.25) is 15.9 Å². The predicted octanol–water partition coefficient (Wildman–Crippen LogP) is 2.75. The monoisotopic (exact) mass is 424 g/mol. The van der Waals surface area contributed by atoms with Crippen LogP contribution in [0.1, 0.15) is 18.5 Å². The molecule has 0 aliphatic carbocycles. The van der Waals surface area contributed by atoms with Crippen molar-refractivity contribution < 1.29 is 22.7 Å². The van der Waals surface area contributed by atoms with Crippen molar-refractivity contribution in [3.63, 3.8) is 0 Å². The molecule has 1 amide bonds. The molecule has 3 rings (SSSR count). The molecule has 0 spiro atoms. The van der Waals surface area contributed by atoms with E-state index in [4.69, 9.17) is 21.1 Å². The van der Waals surface area contributed by atoms with Gasteiger partial charge in [0.25, 0.3) is 0 Å². The van der Waals surface area contributed by atoms with E-state index in [-0.39, 0.29) is 12.6 Å². The molecule has 1 aliphatic rings. The highest BCUT2D eigenvalue weighted by atomic mass is 35.5. The normalized spacial score (nSPS) is 14.2. The molecule has 0 bridgehead atoms. The summed E-state index contributed by atoms with van der Waals surface area (Å²) in [6.45, 7) is 2.44. The van der Waals surface area contributed by atoms with Gasteiger partial charge in [-0.3, -0.25) is 9.10 Å². The van der Waals surface area contributed by atoms with Crippen LogP contribution in [0.5, 0.6) is 11.5 Å². The van der Waals surface area contributed by atoms with E-state index in [9.17, 15) is 13.2 Å². The largest absolute Gasteiger partial charge is 0.486 e. The number of nitrogens with one attached hydrogen (secondary N) is 1. The number of fused-ring (bicyclic) bond motifs is 1. The smallest absolute Gasteiger partial charge is 0.241 e. The van der Waals surface area contributed by atoms with E-state index < -0.39 is 15.9 Å². The van der Waals surface area contributed by atoms with Crippen LogP contribution in [0.3, 0.4) is 0 Å². The predicted molar refractivity (Wildman–Crippen MR) is 108 cm³/mol. The molecule has 1 atom stereocenters. The maximum atomic E-state index is 12.5. The van der Waals surface area contributed by atoms with Crippen molar-refractivity contribution >= 4 is 33.2 Å². The topological polar surface area (TPSA) is 84.9 Å². The Morgan fingerprint density at radius 2 is 1.89 bits per heavy atom. The summed E-state index contributed by atoms with van der Waals surface area (Å²) < 4.78 is 36.4. The van der Waals surface area contributed by atoms with Crippen molar-refractivity contribution in [3.05, 3.63) is 53.1 Å². The van der Waals surface area contributed by atoms with Gasteiger partial charge in [0.15, 0.2) is 11.5 Å². The lowest BCUT2D eigenvalue weighted by Gasteiger charge is -2.24. The first-order valence-corrected chi connectivity index (χ1v) is 10.9. The Morgan fingerprint density at radius 3 is 2.57 bits per heavy atom. The fourth-order valence-corrected chi connectivity index (χ4v) is 3.89. The number of ether oxygens (including phenoxy) is 2. The van der Waals surface area contributed by atoms with Crippen LogP contribution >= 0.6 is 11.6 Å². The third kappa shape index (κ3) is 4.88. The van der Waals surface area contributed by atoms with Crippen LogP contribution in [0.2, 0.25) is 5.02 Å². The second-order valence-corrected chi connectivity index (χ2v) is 8.79. The third-order valence-corrected chi connectivity index (χ3v) is 5.60. The summed E-state index contributed by atoms with van der Waals surface area (Å²) in [5.41, 5.74) is 1.16. The van der Waals surface area contributed by atoms with Crippen LogP contribution in [0.15, 0.2) is 42.5 Å². The number of benzene rings is 2. The maximum absolute atomic E-state index is 12.5. The Kier molecular flexibility index (Phi) is 6.00. The molecule has 1 aliphatic heterocycles. The van der Waals surface area contributed by atoms with Gasteiger partial charge < -0.3 is 14.8 Å². The highest BCUT2D eigenvalue weighted by Crippen LogP contribution is 2.32. The molecule has 150 valence electrons. The molecule has 2 aromatic carbocycles. The van der Waals surface area contributed by atoms with Crippen molar-refractivity contribution in [3.8, 4) is 11.5 Å². The average Bonchev–Trinajstić information content (AvgIpc) is 2.64. The van der Waals surface area contributed by atoms with Crippen molar-refractivity contribution in [2.24, 2.45) is 0 Å². The van der Waals surface area contributed by atoms with Crippen LogP contribution in [-0.2, 0) is 14.8 Å². The molecule has 0 saturated carbocycles. The standard InChI is InChI=1S/C19H21ClN2O5S/c1-13(14-6-7-17-18(10-14)27-9-8-26-17)21-19(23)12-22(28(2,24)25)16-5-3-4-15(20)11-16/h3-7,10-11,13H,8-9,12H2,1-2H3,(H,21,23). The summed E-state index contributed by atoms with van der Waals surface area (Å²) in [5, 5.41) is 3.20. The Labute approximate surface area is 169 Å². The molecule has 1 heterocycles. The molecular weight excluding hydrogens is 404 g/mol. The first-order chi connectivity index (χ1) is 13.2. The Morgan fingerprint density at radius 1 is 1.18 bits per heavy atom. The van der Waals surface area contributed by atoms with Gasteiger partial charge in [0.05, 0.1) is 18.0 Å². The summed E-state index contributed by atoms with van der Waals surface area (Å²) in [6, 6.07) is 11.4. The second kappa shape index (κ2) is 8.28. The number of halogens is 1. The molecule has 7 nitrogen and oxygen atoms in total. The summed E-state index contributed by atoms with van der Waals surface area (Å²) in [7, 11) is -3.66. The zero-order valence-electron chi connectivity index (χ0n) is 15.5. The quantitative estimate of drug-likeness (QED) is 0.770. The van der Waals surface area contributed by atoms with Gasteiger partial charge in [-0.05, 0) is 42.8 Å². The number of sulfonamides is 1. The number of nitrogens with zero attached hydrogens (tertiary/aromatic N) is 1. The van der Waals surface area contributed by atoms with Gasteiger partial charge in [0, 0.05) is 5.02 Å². The number of carbonyl (C=O) groups is 1. The van der Waals surface area contributed by atoms with Gasteiger partial charge in [0.1, 0.15) is 19.8 Å². The van der Waals surface area contributed by atoms with E-state index in [0.29, 0.717) is 35.4 Å². The molecule has 1 unspecified atom stereocenters. The number of rotatable bonds is 6. The van der Waals surface area contributed by atoms with Crippen LogP contribution in [0.25, 0.3) is 0 Å². The van der Waals surface area contributed by atoms with Gasteiger partial charge >= 0.3 is 0 Å². The number of amides is 1. The summed E-state index contributed by atoms with van der Waals surface area (Å²) in [6.07, 6.45) is 1.05. The van der Waals surface area contributed by atoms with E-state index in [0.717, 1.165) is 16.1 Å². The molecule has 0 radical (unpaired) electrons. The maximum Gasteiger partial charge on any atom is 0.241 e. The molecule has 0 aromatic heterocycles. The minimum Gasteiger partial charge on any atom is -0.486 e. The summed E-state index contributed by atoms with van der Waals surface area (Å²) in [4.78, 5) is 12.5. The molecule has 0 saturated heterocycles. The molecule has 28 heavy (non-hydrogen) atoms. The molecule has 1 N–H and O–H groups in total. The Hall–Kier alpha value is -2.45. The number of carbonyl (C=O) groups excluding carboxylic acids is 1. The summed E-state index contributed by atoms with van der Waals surface area (Å²) in [5.74, 6) is 0.854. The lowest BCUT2D eigenvalue weighted by atomic mass is 10.1. The highest BCUT2D eigenvalue weighted by Gasteiger charge is 2.22. The van der Waals surface area contributed by atoms with Crippen molar-refractivity contribution in [1.29, 1.82) is 0 Å². The molecule has 0 fully saturated rings. The molecule has 9 heteroatoms. The first-order valence-electron chi connectivity index (χ1n) is 8.66. The van der Waals surface area contributed by atoms with Gasteiger partial charge in [-0.1, -0.05) is 23.7 Å². The number of hydrogen-bond acceptors (Lipinski definition) is 5. The number of anilines is 1. The summed E-state index contributed by atoms with van der Waals surface area (Å²) >= 11 is 5.95. The average molecular weight is 425 g/mol. The lowest BCUT2D eigenvalue weighted by molar-refractivity contribution is -0.120. The Bertz CT molecular complexity index is 980. The van der Waals surface area contributed by atoms with Crippen molar-refractivity contribution in [2.75, 3.05) is 30.3 Å². The van der Waals surface area contributed by atoms with E-state index >= 15 is 0 Å². The minimum absolute atomic E-state index is 0.331. The lowest BCUT2D eigenvalue weighted by Crippen LogP contribution is -2.41. The van der Waals surface area contributed by atoms with Gasteiger partial charge in [-0.15, -0.1) is 0 Å². The van der Waals surface area contributed by atoms with Crippen LogP contribution < -0.4 is 19.1 Å². The zero-order valence-corrected chi connectivity index (χ0v) is 17.1. The van der Waals surface area contributed by atoms with Crippen molar-refractivity contribution in [2.45, 2.75) is 13.0 Å². The van der Waals surface area contributed by atoms with E-state index in [1.807, 2.05) is 19.1 Å². The van der Waals surface area contributed by atoms with Gasteiger partial charge in [-0.2, -0.15) is 0 Å². The van der Waals surface area contributed by atoms with E-state index in [2.05, 4.69) is 5.32 Å². The molecular formula is C19H21ClN2O5S. The van der Waals surface area contributed by atoms with Crippen LogP contribution in [-0.4, -0.2) is 40.3 Å². The highest BCUT2D eigenvalue weighted by molar-refractivity contribution is 7.92. The van der Waals surface area contributed by atoms with Crippen molar-refractivity contribution in [1.82, 2.24) is 5.32 Å². The third-order valence-electron chi connectivity index (χ3n) is 4.23. The zero-order chi connectivity index (χ0) is 20.3. The second-order valence-electron chi connectivity index (χ2n) is 6.44. The SMILES string of the molecule is CC(NC(=O)CN(c1cccc(Cl)c1)S(C)(=O)=O)c1ccc2c(c1)OCCO2. The van der Waals surface area contributed by atoms with E-state index in [1.54, 1.807) is 24.3 Å². The number of hydrogen-bond donors (Lipinski definition) is 1. The minimum atomic E-state index is -3.66. The van der Waals surface area contributed by atoms with E-state index in [1.165, 1.54) is 6.07 Å². The first kappa shape index (κ1) is 20.3. The van der Waals surface area contributed by atoms with Crippen LogP contribution in [0.4, 0.5) is 5.69 Å². The van der Waals surface area contributed by atoms with Gasteiger partial charge in [-0.25, -0.2) is 8.42 Å². The fourth-order valence-electron chi connectivity index (χ4n) is 2.86. The fraction of sp³-hybridized carbons (Fsp3) is 0.316.